The van der Waals surface area contributed by atoms with Crippen LogP contribution in [0.15, 0.2) is 0 Å². The summed E-state index contributed by atoms with van der Waals surface area (Å²) < 4.78 is 0. The summed E-state index contributed by atoms with van der Waals surface area (Å²) in [6.45, 7) is 6.38. The third kappa shape index (κ3) is 4.81. The standard InChI is InChI=1S/C9H19N3O2/c1-6(2)4-12(5-8(10)13)7(3)9(11)14/h6-7H,4-5H2,1-3H3,(H2,10,13)(H2,11,14). The zero-order valence-corrected chi connectivity index (χ0v) is 8.99. The Morgan fingerprint density at radius 2 is 1.71 bits per heavy atom. The van der Waals surface area contributed by atoms with Gasteiger partial charge >= 0.3 is 0 Å². The minimum atomic E-state index is -0.454. The van der Waals surface area contributed by atoms with Crippen molar-refractivity contribution < 1.29 is 9.59 Å². The molecule has 0 saturated heterocycles. The number of amides is 2. The van der Waals surface area contributed by atoms with Gasteiger partial charge in [0.15, 0.2) is 0 Å². The van der Waals surface area contributed by atoms with Crippen LogP contribution in [0.25, 0.3) is 0 Å². The van der Waals surface area contributed by atoms with Crippen molar-refractivity contribution in [2.75, 3.05) is 13.1 Å². The lowest BCUT2D eigenvalue weighted by molar-refractivity contribution is -0.125. The molecule has 0 aliphatic carbocycles. The second-order valence-electron chi connectivity index (χ2n) is 3.87. The first-order chi connectivity index (χ1) is 6.34. The Balaban J connectivity index is 4.37. The average molecular weight is 201 g/mol. The van der Waals surface area contributed by atoms with E-state index in [-0.39, 0.29) is 6.54 Å². The Morgan fingerprint density at radius 3 is 2.00 bits per heavy atom. The molecule has 1 unspecified atom stereocenters. The van der Waals surface area contributed by atoms with Crippen molar-refractivity contribution >= 4 is 11.8 Å². The number of rotatable bonds is 6. The second-order valence-corrected chi connectivity index (χ2v) is 3.87. The highest BCUT2D eigenvalue weighted by atomic mass is 16.2. The molecule has 5 heteroatoms. The molecule has 14 heavy (non-hydrogen) atoms. The van der Waals surface area contributed by atoms with Gasteiger partial charge in [-0.15, -0.1) is 0 Å². The number of nitrogens with zero attached hydrogens (tertiary/aromatic N) is 1. The minimum Gasteiger partial charge on any atom is -0.369 e. The summed E-state index contributed by atoms with van der Waals surface area (Å²) in [6, 6.07) is -0.454. The number of carbonyl (C=O) groups is 2. The largest absolute Gasteiger partial charge is 0.369 e. The van der Waals surface area contributed by atoms with Crippen molar-refractivity contribution in [2.24, 2.45) is 17.4 Å². The fourth-order valence-corrected chi connectivity index (χ4v) is 1.21. The van der Waals surface area contributed by atoms with Crippen LogP contribution in [0.3, 0.4) is 0 Å². The summed E-state index contributed by atoms with van der Waals surface area (Å²) in [4.78, 5) is 23.4. The van der Waals surface area contributed by atoms with Gasteiger partial charge in [0.05, 0.1) is 12.6 Å². The van der Waals surface area contributed by atoms with E-state index in [1.54, 1.807) is 11.8 Å². The predicted octanol–water partition coefficient (Wildman–Crippen LogP) is -0.696. The summed E-state index contributed by atoms with van der Waals surface area (Å²) in [5.74, 6) is -0.526. The van der Waals surface area contributed by atoms with Crippen LogP contribution in [-0.4, -0.2) is 35.8 Å². The van der Waals surface area contributed by atoms with Crippen molar-refractivity contribution in [2.45, 2.75) is 26.8 Å². The van der Waals surface area contributed by atoms with Gasteiger partial charge in [0, 0.05) is 6.54 Å². The number of hydrogen-bond donors (Lipinski definition) is 2. The molecule has 0 fully saturated rings. The van der Waals surface area contributed by atoms with E-state index in [1.807, 2.05) is 13.8 Å². The van der Waals surface area contributed by atoms with Gasteiger partial charge in [-0.05, 0) is 12.8 Å². The maximum atomic E-state index is 10.9. The molecule has 82 valence electrons. The van der Waals surface area contributed by atoms with Crippen LogP contribution in [-0.2, 0) is 9.59 Å². The van der Waals surface area contributed by atoms with E-state index in [1.165, 1.54) is 0 Å². The lowest BCUT2D eigenvalue weighted by atomic mass is 10.1. The normalized spacial score (nSPS) is 13.2. The summed E-state index contributed by atoms with van der Waals surface area (Å²) in [5.41, 5.74) is 10.2. The van der Waals surface area contributed by atoms with Crippen LogP contribution in [0.2, 0.25) is 0 Å². The Bertz CT molecular complexity index is 216. The Kier molecular flexibility index (Phi) is 5.15. The molecule has 0 aromatic rings. The Morgan fingerprint density at radius 1 is 1.21 bits per heavy atom. The van der Waals surface area contributed by atoms with Crippen LogP contribution in [0.4, 0.5) is 0 Å². The third-order valence-corrected chi connectivity index (χ3v) is 1.92. The first-order valence-electron chi connectivity index (χ1n) is 4.66. The molecule has 0 bridgehead atoms. The highest BCUT2D eigenvalue weighted by Gasteiger charge is 2.20. The van der Waals surface area contributed by atoms with Gasteiger partial charge in [-0.25, -0.2) is 0 Å². The van der Waals surface area contributed by atoms with E-state index in [9.17, 15) is 9.59 Å². The van der Waals surface area contributed by atoms with Gasteiger partial charge < -0.3 is 11.5 Å². The van der Waals surface area contributed by atoms with Crippen molar-refractivity contribution in [3.63, 3.8) is 0 Å². The summed E-state index contributed by atoms with van der Waals surface area (Å²) in [5, 5.41) is 0. The molecular formula is C9H19N3O2. The maximum Gasteiger partial charge on any atom is 0.234 e. The van der Waals surface area contributed by atoms with E-state index in [2.05, 4.69) is 0 Å². The van der Waals surface area contributed by atoms with Crippen molar-refractivity contribution in [1.29, 1.82) is 0 Å². The van der Waals surface area contributed by atoms with E-state index >= 15 is 0 Å². The molecular weight excluding hydrogens is 182 g/mol. The number of hydrogen-bond acceptors (Lipinski definition) is 3. The summed E-state index contributed by atoms with van der Waals surface area (Å²) in [6.07, 6.45) is 0. The average Bonchev–Trinajstić information content (AvgIpc) is 1.99. The van der Waals surface area contributed by atoms with Crippen LogP contribution < -0.4 is 11.5 Å². The van der Waals surface area contributed by atoms with Gasteiger partial charge in [0.1, 0.15) is 0 Å². The van der Waals surface area contributed by atoms with Gasteiger partial charge in [-0.3, -0.25) is 14.5 Å². The van der Waals surface area contributed by atoms with Gasteiger partial charge in [0.25, 0.3) is 0 Å². The second kappa shape index (κ2) is 5.59. The highest BCUT2D eigenvalue weighted by Crippen LogP contribution is 2.03. The molecule has 1 atom stereocenters. The first kappa shape index (κ1) is 12.9. The van der Waals surface area contributed by atoms with Crippen LogP contribution in [0.5, 0.6) is 0 Å². The fraction of sp³-hybridized carbons (Fsp3) is 0.778. The summed E-state index contributed by atoms with van der Waals surface area (Å²) in [7, 11) is 0. The van der Waals surface area contributed by atoms with Crippen molar-refractivity contribution in [3.8, 4) is 0 Å². The molecule has 4 N–H and O–H groups in total. The van der Waals surface area contributed by atoms with Gasteiger partial charge in [-0.2, -0.15) is 0 Å². The van der Waals surface area contributed by atoms with E-state index in [4.69, 9.17) is 11.5 Å². The molecule has 0 aliphatic rings. The highest BCUT2D eigenvalue weighted by molar-refractivity contribution is 5.81. The smallest absolute Gasteiger partial charge is 0.234 e. The Hall–Kier alpha value is -1.10. The molecule has 0 aromatic heterocycles. The van der Waals surface area contributed by atoms with Gasteiger partial charge in [0.2, 0.25) is 11.8 Å². The van der Waals surface area contributed by atoms with Crippen LogP contribution in [0, 0.1) is 5.92 Å². The fourth-order valence-electron chi connectivity index (χ4n) is 1.21. The molecule has 0 aromatic carbocycles. The maximum absolute atomic E-state index is 10.9. The quantitative estimate of drug-likeness (QED) is 0.595. The minimum absolute atomic E-state index is 0.0717. The number of carbonyl (C=O) groups excluding carboxylic acids is 2. The SMILES string of the molecule is CC(C)CN(CC(N)=O)C(C)C(N)=O. The molecule has 0 heterocycles. The summed E-state index contributed by atoms with van der Waals surface area (Å²) >= 11 is 0. The lowest BCUT2D eigenvalue weighted by Crippen LogP contribution is -2.47. The van der Waals surface area contributed by atoms with Gasteiger partial charge in [-0.1, -0.05) is 13.8 Å². The molecule has 2 amide bonds. The van der Waals surface area contributed by atoms with E-state index < -0.39 is 17.9 Å². The molecule has 0 aliphatic heterocycles. The zero-order valence-electron chi connectivity index (χ0n) is 8.99. The topological polar surface area (TPSA) is 89.4 Å². The first-order valence-corrected chi connectivity index (χ1v) is 4.66. The predicted molar refractivity (Wildman–Crippen MR) is 54.3 cm³/mol. The number of primary amides is 2. The Labute approximate surface area is 84.4 Å². The number of nitrogens with two attached hydrogens (primary N) is 2. The van der Waals surface area contributed by atoms with E-state index in [0.29, 0.717) is 12.5 Å². The zero-order chi connectivity index (χ0) is 11.3. The molecule has 5 nitrogen and oxygen atoms in total. The monoisotopic (exact) mass is 201 g/mol. The van der Waals surface area contributed by atoms with Crippen LogP contribution >= 0.6 is 0 Å². The molecule has 0 spiro atoms. The van der Waals surface area contributed by atoms with E-state index in [0.717, 1.165) is 0 Å². The third-order valence-electron chi connectivity index (χ3n) is 1.92. The van der Waals surface area contributed by atoms with Crippen molar-refractivity contribution in [3.05, 3.63) is 0 Å². The van der Waals surface area contributed by atoms with Crippen LogP contribution in [0.1, 0.15) is 20.8 Å². The molecule has 0 rings (SSSR count). The van der Waals surface area contributed by atoms with Crippen molar-refractivity contribution in [1.82, 2.24) is 4.90 Å². The molecule has 0 radical (unpaired) electrons. The molecule has 0 saturated carbocycles. The lowest BCUT2D eigenvalue weighted by Gasteiger charge is -2.27.